The van der Waals surface area contributed by atoms with E-state index < -0.39 is 0 Å². The van der Waals surface area contributed by atoms with Crippen LogP contribution in [-0.2, 0) is 0 Å². The van der Waals surface area contributed by atoms with Gasteiger partial charge in [-0.1, -0.05) is 179 Å². The molecule has 0 amide bonds. The third-order valence-electron chi connectivity index (χ3n) is 9.55. The lowest BCUT2D eigenvalue weighted by atomic mass is 9.86. The number of hydrogen-bond donors (Lipinski definition) is 0. The topological polar surface area (TPSA) is 0 Å². The molecular formula is C43H80S. The fraction of sp³-hybridized carbons (Fsp3) is 0.837. The second kappa shape index (κ2) is 35.2. The zero-order valence-corrected chi connectivity index (χ0v) is 31.5. The van der Waals surface area contributed by atoms with Crippen LogP contribution >= 0.6 is 12.2 Å². The first-order valence-corrected chi connectivity index (χ1v) is 20.4. The minimum Gasteiger partial charge on any atom is -0.0999 e. The Balaban J connectivity index is 4.18. The molecule has 0 nitrogen and oxygen atoms in total. The van der Waals surface area contributed by atoms with E-state index in [2.05, 4.69) is 46.1 Å². The van der Waals surface area contributed by atoms with Gasteiger partial charge in [0.05, 0.1) is 0 Å². The second-order valence-corrected chi connectivity index (χ2v) is 14.8. The average Bonchev–Trinajstić information content (AvgIpc) is 3.02. The molecule has 0 aromatic heterocycles. The van der Waals surface area contributed by atoms with Crippen LogP contribution in [0.3, 0.4) is 0 Å². The molecule has 1 atom stereocenters. The Hall–Kier alpha value is -0.690. The van der Waals surface area contributed by atoms with Gasteiger partial charge in [-0.25, -0.2) is 0 Å². The first-order valence-electron chi connectivity index (χ1n) is 20.0. The van der Waals surface area contributed by atoms with Crippen LogP contribution in [0.4, 0.5) is 0 Å². The van der Waals surface area contributed by atoms with Gasteiger partial charge in [0.15, 0.2) is 0 Å². The Morgan fingerprint density at radius 2 is 0.841 bits per heavy atom. The van der Waals surface area contributed by atoms with E-state index in [4.69, 9.17) is 12.2 Å². The standard InChI is InChI=1S/C43H80S/c1-6-9-12-15-17-18-19-20-21-22-23-24-25-28-29-32-40(4)35-36-42(37-38-43(44)34-31-26-14-11-8-3)39-41(5)33-30-27-16-13-10-7-2/h20-21,42H,4-19,22-39H2,1-3H3/b21-20+. The van der Waals surface area contributed by atoms with Gasteiger partial charge in [0.1, 0.15) is 0 Å². The molecule has 0 aliphatic heterocycles. The third kappa shape index (κ3) is 32.7. The smallest absolute Gasteiger partial charge is 0.00714 e. The van der Waals surface area contributed by atoms with Gasteiger partial charge in [-0.3, -0.25) is 0 Å². The highest BCUT2D eigenvalue weighted by atomic mass is 32.1. The Kier molecular flexibility index (Phi) is 34.6. The molecule has 0 rings (SSSR count). The lowest BCUT2D eigenvalue weighted by molar-refractivity contribution is 0.443. The minimum absolute atomic E-state index is 0.728. The summed E-state index contributed by atoms with van der Waals surface area (Å²) in [4.78, 5) is 1.32. The van der Waals surface area contributed by atoms with Crippen LogP contribution in [0, 0.1) is 5.92 Å². The quantitative estimate of drug-likeness (QED) is 0.0378. The van der Waals surface area contributed by atoms with E-state index in [-0.39, 0.29) is 0 Å². The lowest BCUT2D eigenvalue weighted by Gasteiger charge is -2.20. The second-order valence-electron chi connectivity index (χ2n) is 14.2. The molecule has 1 unspecified atom stereocenters. The van der Waals surface area contributed by atoms with Crippen molar-refractivity contribution in [1.82, 2.24) is 0 Å². The maximum absolute atomic E-state index is 5.82. The number of allylic oxidation sites excluding steroid dienone is 4. The molecule has 0 saturated heterocycles. The van der Waals surface area contributed by atoms with E-state index in [1.807, 2.05) is 0 Å². The molecule has 0 heterocycles. The van der Waals surface area contributed by atoms with Crippen molar-refractivity contribution in [2.45, 2.75) is 226 Å². The van der Waals surface area contributed by atoms with Crippen LogP contribution < -0.4 is 0 Å². The van der Waals surface area contributed by atoms with Gasteiger partial charge in [0.25, 0.3) is 0 Å². The molecular weight excluding hydrogens is 549 g/mol. The number of hydrogen-bond acceptors (Lipinski definition) is 1. The molecule has 0 saturated carbocycles. The highest BCUT2D eigenvalue weighted by molar-refractivity contribution is 7.80. The Morgan fingerprint density at radius 1 is 0.455 bits per heavy atom. The van der Waals surface area contributed by atoms with Crippen molar-refractivity contribution in [2.75, 3.05) is 0 Å². The molecule has 44 heavy (non-hydrogen) atoms. The first kappa shape index (κ1) is 43.3. The minimum atomic E-state index is 0.728. The van der Waals surface area contributed by atoms with Crippen molar-refractivity contribution < 1.29 is 0 Å². The van der Waals surface area contributed by atoms with Crippen molar-refractivity contribution in [3.05, 3.63) is 36.5 Å². The fourth-order valence-corrected chi connectivity index (χ4v) is 6.67. The average molecular weight is 629 g/mol. The van der Waals surface area contributed by atoms with Crippen molar-refractivity contribution in [1.29, 1.82) is 0 Å². The van der Waals surface area contributed by atoms with Crippen molar-refractivity contribution in [3.63, 3.8) is 0 Å². The Labute approximate surface area is 284 Å². The largest absolute Gasteiger partial charge is 0.0999 e. The van der Waals surface area contributed by atoms with E-state index in [0.717, 1.165) is 18.8 Å². The number of thiocarbonyl (C=S) groups is 1. The number of unbranched alkanes of at least 4 members (excludes halogenated alkanes) is 20. The summed E-state index contributed by atoms with van der Waals surface area (Å²) >= 11 is 5.82. The lowest BCUT2D eigenvalue weighted by Crippen LogP contribution is -2.06. The van der Waals surface area contributed by atoms with Crippen LogP contribution in [0.15, 0.2) is 36.5 Å². The fourth-order valence-electron chi connectivity index (χ4n) is 6.41. The van der Waals surface area contributed by atoms with E-state index >= 15 is 0 Å². The van der Waals surface area contributed by atoms with Crippen LogP contribution in [0.2, 0.25) is 0 Å². The molecule has 0 fully saturated rings. The van der Waals surface area contributed by atoms with Crippen molar-refractivity contribution >= 4 is 17.1 Å². The maximum atomic E-state index is 5.82. The summed E-state index contributed by atoms with van der Waals surface area (Å²) in [6.45, 7) is 15.9. The van der Waals surface area contributed by atoms with Crippen LogP contribution in [0.25, 0.3) is 0 Å². The molecule has 1 heteroatoms. The predicted octanol–water partition coefficient (Wildman–Crippen LogP) is 16.2. The molecule has 0 bridgehead atoms. The van der Waals surface area contributed by atoms with Gasteiger partial charge in [-0.05, 0) is 107 Å². The highest BCUT2D eigenvalue weighted by Crippen LogP contribution is 2.28. The SMILES string of the molecule is C=C(CCCCCCC/C=C/CCCCCCCC)CCC(CCC(=S)CCCCCCC)CC(=C)CCCCCCCC. The summed E-state index contributed by atoms with van der Waals surface area (Å²) in [5, 5.41) is 0. The van der Waals surface area contributed by atoms with E-state index in [1.54, 1.807) is 0 Å². The molecule has 0 spiro atoms. The summed E-state index contributed by atoms with van der Waals surface area (Å²) in [7, 11) is 0. The van der Waals surface area contributed by atoms with Gasteiger partial charge in [0.2, 0.25) is 0 Å². The molecule has 0 aliphatic rings. The molecule has 0 radical (unpaired) electrons. The molecule has 0 aliphatic carbocycles. The zero-order valence-electron chi connectivity index (χ0n) is 30.7. The normalized spacial score (nSPS) is 12.2. The summed E-state index contributed by atoms with van der Waals surface area (Å²) in [6, 6.07) is 0. The van der Waals surface area contributed by atoms with Crippen molar-refractivity contribution in [2.24, 2.45) is 5.92 Å². The van der Waals surface area contributed by atoms with Crippen LogP contribution in [0.5, 0.6) is 0 Å². The summed E-state index contributed by atoms with van der Waals surface area (Å²) < 4.78 is 0. The molecule has 258 valence electrons. The van der Waals surface area contributed by atoms with Gasteiger partial charge >= 0.3 is 0 Å². The molecule has 0 aromatic rings. The van der Waals surface area contributed by atoms with Crippen LogP contribution in [0.1, 0.15) is 226 Å². The molecule has 0 N–H and O–H groups in total. The van der Waals surface area contributed by atoms with Gasteiger partial charge in [-0.2, -0.15) is 0 Å². The first-order chi connectivity index (χ1) is 21.5. The summed E-state index contributed by atoms with van der Waals surface area (Å²) in [5.74, 6) is 0.728. The Bertz CT molecular complexity index is 670. The zero-order chi connectivity index (χ0) is 32.4. The predicted molar refractivity (Wildman–Crippen MR) is 208 cm³/mol. The van der Waals surface area contributed by atoms with Gasteiger partial charge in [-0.15, -0.1) is 0 Å². The van der Waals surface area contributed by atoms with E-state index in [0.29, 0.717) is 0 Å². The Morgan fingerprint density at radius 3 is 1.34 bits per heavy atom. The molecule has 0 aromatic carbocycles. The van der Waals surface area contributed by atoms with E-state index in [9.17, 15) is 0 Å². The maximum Gasteiger partial charge on any atom is -0.00714 e. The number of rotatable bonds is 36. The summed E-state index contributed by atoms with van der Waals surface area (Å²) in [6.07, 6.45) is 47.3. The monoisotopic (exact) mass is 629 g/mol. The van der Waals surface area contributed by atoms with Crippen LogP contribution in [-0.4, -0.2) is 4.86 Å². The van der Waals surface area contributed by atoms with Crippen molar-refractivity contribution in [3.8, 4) is 0 Å². The summed E-state index contributed by atoms with van der Waals surface area (Å²) in [5.41, 5.74) is 2.96. The van der Waals surface area contributed by atoms with E-state index in [1.165, 1.54) is 209 Å². The highest BCUT2D eigenvalue weighted by Gasteiger charge is 2.13. The van der Waals surface area contributed by atoms with Gasteiger partial charge < -0.3 is 0 Å². The third-order valence-corrected chi connectivity index (χ3v) is 9.96. The van der Waals surface area contributed by atoms with Gasteiger partial charge in [0, 0.05) is 0 Å².